The van der Waals surface area contributed by atoms with Gasteiger partial charge in [0.1, 0.15) is 18.1 Å². The molecule has 0 atom stereocenters. The third-order valence-corrected chi connectivity index (χ3v) is 3.60. The number of methoxy groups -OCH3 is 1. The van der Waals surface area contributed by atoms with Crippen LogP contribution in [0, 0.1) is 6.92 Å². The maximum atomic E-state index is 13.1. The Morgan fingerprint density at radius 2 is 1.88 bits per heavy atom. The summed E-state index contributed by atoms with van der Waals surface area (Å²) in [6.45, 7) is 1.23. The van der Waals surface area contributed by atoms with Crippen molar-refractivity contribution in [2.75, 3.05) is 7.11 Å². The van der Waals surface area contributed by atoms with E-state index in [1.165, 1.54) is 30.3 Å². The van der Waals surface area contributed by atoms with Crippen LogP contribution in [0.1, 0.15) is 16.7 Å². The largest absolute Gasteiger partial charge is 0.513 e. The second-order valence-electron chi connectivity index (χ2n) is 5.06. The van der Waals surface area contributed by atoms with Gasteiger partial charge in [-0.2, -0.15) is 13.2 Å². The Morgan fingerprint density at radius 1 is 1.16 bits per heavy atom. The number of rotatable bonds is 4. The molecular formula is C17H14ClF3O4. The highest BCUT2D eigenvalue weighted by molar-refractivity contribution is 6.31. The van der Waals surface area contributed by atoms with Crippen molar-refractivity contribution in [1.29, 1.82) is 0 Å². The molecule has 25 heavy (non-hydrogen) atoms. The monoisotopic (exact) mass is 374 g/mol. The predicted molar refractivity (Wildman–Crippen MR) is 85.0 cm³/mol. The van der Waals surface area contributed by atoms with E-state index in [0.29, 0.717) is 5.56 Å². The fourth-order valence-corrected chi connectivity index (χ4v) is 2.27. The van der Waals surface area contributed by atoms with Crippen molar-refractivity contribution in [1.82, 2.24) is 0 Å². The fraction of sp³-hybridized carbons (Fsp3) is 0.235. The summed E-state index contributed by atoms with van der Waals surface area (Å²) >= 11 is 6.04. The molecule has 2 aromatic carbocycles. The maximum absolute atomic E-state index is 13.1. The lowest BCUT2D eigenvalue weighted by atomic mass is 10.1. The van der Waals surface area contributed by atoms with Crippen LogP contribution >= 0.6 is 11.6 Å². The van der Waals surface area contributed by atoms with Crippen LogP contribution in [0.15, 0.2) is 36.4 Å². The molecule has 0 saturated carbocycles. The molecule has 0 amide bonds. The zero-order chi connectivity index (χ0) is 18.6. The van der Waals surface area contributed by atoms with Gasteiger partial charge in [-0.05, 0) is 31.2 Å². The summed E-state index contributed by atoms with van der Waals surface area (Å²) in [7, 11) is 1.13. The molecular weight excluding hydrogens is 361 g/mol. The second kappa shape index (κ2) is 7.65. The first-order valence-corrected chi connectivity index (χ1v) is 7.44. The minimum absolute atomic E-state index is 0.0417. The molecule has 0 aliphatic heterocycles. The van der Waals surface area contributed by atoms with Gasteiger partial charge in [0.05, 0.1) is 23.3 Å². The van der Waals surface area contributed by atoms with E-state index in [-0.39, 0.29) is 28.7 Å². The van der Waals surface area contributed by atoms with Crippen LogP contribution in [0.4, 0.5) is 18.0 Å². The van der Waals surface area contributed by atoms with Gasteiger partial charge < -0.3 is 14.2 Å². The first-order valence-electron chi connectivity index (χ1n) is 7.06. The molecule has 134 valence electrons. The summed E-state index contributed by atoms with van der Waals surface area (Å²) in [5, 5.41) is 0.182. The van der Waals surface area contributed by atoms with Crippen LogP contribution in [-0.2, 0) is 17.5 Å². The smallest absolute Gasteiger partial charge is 0.488 e. The van der Waals surface area contributed by atoms with Crippen molar-refractivity contribution in [3.8, 4) is 11.5 Å². The van der Waals surface area contributed by atoms with Crippen LogP contribution in [0.2, 0.25) is 5.02 Å². The summed E-state index contributed by atoms with van der Waals surface area (Å²) in [5.74, 6) is -0.304. The molecule has 0 N–H and O–H groups in total. The van der Waals surface area contributed by atoms with Crippen molar-refractivity contribution >= 4 is 17.8 Å². The number of halogens is 4. The van der Waals surface area contributed by atoms with E-state index in [2.05, 4.69) is 4.74 Å². The molecule has 8 heteroatoms. The lowest BCUT2D eigenvalue weighted by Gasteiger charge is -2.16. The summed E-state index contributed by atoms with van der Waals surface area (Å²) in [4.78, 5) is 11.3. The van der Waals surface area contributed by atoms with E-state index < -0.39 is 17.9 Å². The zero-order valence-electron chi connectivity index (χ0n) is 13.3. The normalized spacial score (nSPS) is 11.1. The van der Waals surface area contributed by atoms with Crippen LogP contribution in [0.25, 0.3) is 0 Å². The number of benzene rings is 2. The number of carbonyl (C=O) groups is 1. The molecule has 0 radical (unpaired) electrons. The Labute approximate surface area is 147 Å². The molecule has 0 aliphatic carbocycles. The molecule has 0 unspecified atom stereocenters. The maximum Gasteiger partial charge on any atom is 0.513 e. The van der Waals surface area contributed by atoms with Crippen LogP contribution < -0.4 is 9.47 Å². The van der Waals surface area contributed by atoms with Gasteiger partial charge >= 0.3 is 12.3 Å². The first-order chi connectivity index (χ1) is 11.7. The second-order valence-corrected chi connectivity index (χ2v) is 5.47. The topological polar surface area (TPSA) is 44.8 Å². The molecule has 0 aliphatic rings. The number of carbonyl (C=O) groups excluding carboxylic acids is 1. The van der Waals surface area contributed by atoms with Crippen molar-refractivity contribution in [3.05, 3.63) is 58.1 Å². The number of hydrogen-bond donors (Lipinski definition) is 0. The van der Waals surface area contributed by atoms with Crippen molar-refractivity contribution in [2.24, 2.45) is 0 Å². The Balaban J connectivity index is 2.29. The Morgan fingerprint density at radius 3 is 2.52 bits per heavy atom. The highest BCUT2D eigenvalue weighted by Gasteiger charge is 2.34. The minimum atomic E-state index is -4.56. The SMILES string of the molecule is COC(=O)Oc1cccc(Cl)c1COc1ccc(C)cc1C(F)(F)F. The van der Waals surface area contributed by atoms with Gasteiger partial charge in [-0.3, -0.25) is 0 Å². The Hall–Kier alpha value is -2.41. The predicted octanol–water partition coefficient (Wildman–Crippen LogP) is 5.39. The third-order valence-electron chi connectivity index (χ3n) is 3.25. The molecule has 0 saturated heterocycles. The summed E-state index contributed by atoms with van der Waals surface area (Å²) < 4.78 is 54.0. The van der Waals surface area contributed by atoms with Gasteiger partial charge in [0.2, 0.25) is 0 Å². The third kappa shape index (κ3) is 4.79. The standard InChI is InChI=1S/C17H14ClF3O4/c1-10-6-7-15(12(8-10)17(19,20)21)24-9-11-13(18)4-3-5-14(11)25-16(22)23-2/h3-8H,9H2,1-2H3. The van der Waals surface area contributed by atoms with Crippen molar-refractivity contribution in [3.63, 3.8) is 0 Å². The number of aryl methyl sites for hydroxylation is 1. The van der Waals surface area contributed by atoms with E-state index in [1.807, 2.05) is 0 Å². The van der Waals surface area contributed by atoms with Gasteiger partial charge in [-0.1, -0.05) is 29.3 Å². The van der Waals surface area contributed by atoms with Crippen LogP contribution in [0.5, 0.6) is 11.5 Å². The lowest BCUT2D eigenvalue weighted by molar-refractivity contribution is -0.139. The van der Waals surface area contributed by atoms with E-state index in [4.69, 9.17) is 21.1 Å². The Kier molecular flexibility index (Phi) is 5.79. The van der Waals surface area contributed by atoms with Gasteiger partial charge in [0.15, 0.2) is 0 Å². The Bertz CT molecular complexity index is 775. The van der Waals surface area contributed by atoms with Gasteiger partial charge in [-0.15, -0.1) is 0 Å². The van der Waals surface area contributed by atoms with E-state index >= 15 is 0 Å². The van der Waals surface area contributed by atoms with Gasteiger partial charge in [0, 0.05) is 0 Å². The number of hydrogen-bond acceptors (Lipinski definition) is 4. The quantitative estimate of drug-likeness (QED) is 0.531. The van der Waals surface area contributed by atoms with Gasteiger partial charge in [-0.25, -0.2) is 4.79 Å². The molecule has 4 nitrogen and oxygen atoms in total. The zero-order valence-corrected chi connectivity index (χ0v) is 14.1. The van der Waals surface area contributed by atoms with E-state index in [0.717, 1.165) is 13.2 Å². The highest BCUT2D eigenvalue weighted by Crippen LogP contribution is 2.38. The molecule has 0 bridgehead atoms. The molecule has 0 aromatic heterocycles. The molecule has 0 fully saturated rings. The van der Waals surface area contributed by atoms with Crippen LogP contribution in [0.3, 0.4) is 0 Å². The fourth-order valence-electron chi connectivity index (χ4n) is 2.05. The van der Waals surface area contributed by atoms with Crippen LogP contribution in [-0.4, -0.2) is 13.3 Å². The molecule has 0 heterocycles. The minimum Gasteiger partial charge on any atom is -0.488 e. The average Bonchev–Trinajstić information content (AvgIpc) is 2.54. The van der Waals surface area contributed by atoms with E-state index in [1.54, 1.807) is 6.92 Å². The van der Waals surface area contributed by atoms with Crippen molar-refractivity contribution < 1.29 is 32.2 Å². The summed E-state index contributed by atoms with van der Waals surface area (Å²) in [6.07, 6.45) is -5.54. The number of alkyl halides is 3. The summed E-state index contributed by atoms with van der Waals surface area (Å²) in [6, 6.07) is 8.19. The molecule has 0 spiro atoms. The van der Waals surface area contributed by atoms with Crippen molar-refractivity contribution in [2.45, 2.75) is 19.7 Å². The van der Waals surface area contributed by atoms with Gasteiger partial charge in [0.25, 0.3) is 0 Å². The summed E-state index contributed by atoms with van der Waals surface area (Å²) in [5.41, 5.74) is -0.217. The highest BCUT2D eigenvalue weighted by atomic mass is 35.5. The lowest BCUT2D eigenvalue weighted by Crippen LogP contribution is -2.12. The average molecular weight is 375 g/mol. The number of ether oxygens (including phenoxy) is 3. The molecule has 2 rings (SSSR count). The van der Waals surface area contributed by atoms with E-state index in [9.17, 15) is 18.0 Å². The molecule has 2 aromatic rings. The first kappa shape index (κ1) is 18.9.